The zero-order valence-corrected chi connectivity index (χ0v) is 16.0. The Labute approximate surface area is 168 Å². The van der Waals surface area contributed by atoms with E-state index in [0.717, 1.165) is 11.2 Å². The maximum absolute atomic E-state index is 13.7. The van der Waals surface area contributed by atoms with E-state index in [9.17, 15) is 9.18 Å². The van der Waals surface area contributed by atoms with E-state index in [4.69, 9.17) is 4.74 Å². The number of carbonyl (C=O) groups excluding carboxylic acids is 1. The number of hydrogen-bond donors (Lipinski definition) is 0. The summed E-state index contributed by atoms with van der Waals surface area (Å²) < 4.78 is 21.3. The first-order valence-corrected chi connectivity index (χ1v) is 9.24. The van der Waals surface area contributed by atoms with Gasteiger partial charge in [-0.05, 0) is 35.9 Å². The van der Waals surface area contributed by atoms with Crippen LogP contribution in [0.1, 0.15) is 21.6 Å². The highest BCUT2D eigenvalue weighted by Crippen LogP contribution is 2.18. The molecule has 0 saturated heterocycles. The van der Waals surface area contributed by atoms with Crippen molar-refractivity contribution in [3.8, 4) is 5.75 Å². The standard InChI is InChI=1S/C23H20FN3O2/c1-26(23(28)21-15-27-12-5-4-11-22(27)25-21)14-17-7-6-9-19(13-17)29-16-18-8-2-3-10-20(18)24/h2-13,15H,14,16H2,1H3. The van der Waals surface area contributed by atoms with E-state index in [-0.39, 0.29) is 18.3 Å². The van der Waals surface area contributed by atoms with Crippen LogP contribution in [0.25, 0.3) is 5.65 Å². The average molecular weight is 389 g/mol. The lowest BCUT2D eigenvalue weighted by molar-refractivity contribution is 0.0780. The molecule has 2 heterocycles. The molecule has 4 aromatic rings. The first kappa shape index (κ1) is 18.7. The van der Waals surface area contributed by atoms with Crippen LogP contribution in [0.2, 0.25) is 0 Å². The summed E-state index contributed by atoms with van der Waals surface area (Å²) in [4.78, 5) is 18.7. The van der Waals surface area contributed by atoms with Crippen molar-refractivity contribution in [1.29, 1.82) is 0 Å². The molecule has 0 bridgehead atoms. The summed E-state index contributed by atoms with van der Waals surface area (Å²) in [5, 5.41) is 0. The van der Waals surface area contributed by atoms with Crippen molar-refractivity contribution in [3.63, 3.8) is 0 Å². The third kappa shape index (κ3) is 4.27. The Bertz CT molecular complexity index is 1120. The first-order chi connectivity index (χ1) is 14.1. The number of rotatable bonds is 6. The number of carbonyl (C=O) groups is 1. The van der Waals surface area contributed by atoms with Gasteiger partial charge in [-0.1, -0.05) is 36.4 Å². The van der Waals surface area contributed by atoms with Crippen molar-refractivity contribution in [2.24, 2.45) is 0 Å². The molecule has 5 nitrogen and oxygen atoms in total. The van der Waals surface area contributed by atoms with Crippen molar-refractivity contribution >= 4 is 11.6 Å². The van der Waals surface area contributed by atoms with Crippen LogP contribution in [-0.2, 0) is 13.2 Å². The van der Waals surface area contributed by atoms with Gasteiger partial charge in [0.25, 0.3) is 5.91 Å². The highest BCUT2D eigenvalue weighted by molar-refractivity contribution is 5.92. The highest BCUT2D eigenvalue weighted by atomic mass is 19.1. The second kappa shape index (κ2) is 8.14. The number of nitrogens with zero attached hydrogens (tertiary/aromatic N) is 3. The molecule has 0 aliphatic carbocycles. The molecule has 0 fully saturated rings. The topological polar surface area (TPSA) is 46.8 Å². The smallest absolute Gasteiger partial charge is 0.274 e. The van der Waals surface area contributed by atoms with Gasteiger partial charge in [-0.3, -0.25) is 4.79 Å². The lowest BCUT2D eigenvalue weighted by Crippen LogP contribution is -2.26. The summed E-state index contributed by atoms with van der Waals surface area (Å²) >= 11 is 0. The quantitative estimate of drug-likeness (QED) is 0.493. The van der Waals surface area contributed by atoms with Crippen LogP contribution in [0.3, 0.4) is 0 Å². The van der Waals surface area contributed by atoms with Crippen molar-refractivity contribution in [2.75, 3.05) is 7.05 Å². The van der Waals surface area contributed by atoms with Gasteiger partial charge in [-0.15, -0.1) is 0 Å². The number of benzene rings is 2. The monoisotopic (exact) mass is 389 g/mol. The van der Waals surface area contributed by atoms with Gasteiger partial charge in [0.05, 0.1) is 0 Å². The Morgan fingerprint density at radius 3 is 2.76 bits per heavy atom. The molecule has 0 radical (unpaired) electrons. The SMILES string of the molecule is CN(Cc1cccc(OCc2ccccc2F)c1)C(=O)c1cn2ccccc2n1. The molecule has 4 rings (SSSR count). The third-order valence-electron chi connectivity index (χ3n) is 4.60. The van der Waals surface area contributed by atoms with Crippen molar-refractivity contribution < 1.29 is 13.9 Å². The van der Waals surface area contributed by atoms with Gasteiger partial charge in [0.15, 0.2) is 0 Å². The van der Waals surface area contributed by atoms with Crippen molar-refractivity contribution in [3.05, 3.63) is 102 Å². The zero-order chi connectivity index (χ0) is 20.2. The Hall–Kier alpha value is -3.67. The molecule has 1 amide bonds. The highest BCUT2D eigenvalue weighted by Gasteiger charge is 2.16. The number of hydrogen-bond acceptors (Lipinski definition) is 3. The summed E-state index contributed by atoms with van der Waals surface area (Å²) in [6.07, 6.45) is 3.58. The normalized spacial score (nSPS) is 10.8. The van der Waals surface area contributed by atoms with Crippen LogP contribution in [0.15, 0.2) is 79.1 Å². The number of halogens is 1. The summed E-state index contributed by atoms with van der Waals surface area (Å²) in [5.74, 6) is 0.173. The van der Waals surface area contributed by atoms with E-state index in [2.05, 4.69) is 4.98 Å². The molecule has 0 N–H and O–H groups in total. The maximum atomic E-state index is 13.7. The largest absolute Gasteiger partial charge is 0.489 e. The number of aromatic nitrogens is 2. The van der Waals surface area contributed by atoms with Gasteiger partial charge in [-0.2, -0.15) is 0 Å². The second-order valence-corrected chi connectivity index (χ2v) is 6.78. The Balaban J connectivity index is 1.42. The zero-order valence-electron chi connectivity index (χ0n) is 16.0. The second-order valence-electron chi connectivity index (χ2n) is 6.78. The third-order valence-corrected chi connectivity index (χ3v) is 4.60. The van der Waals surface area contributed by atoms with Gasteiger partial charge in [0.1, 0.15) is 29.5 Å². The van der Waals surface area contributed by atoms with E-state index in [0.29, 0.717) is 23.6 Å². The fourth-order valence-corrected chi connectivity index (χ4v) is 3.09. The van der Waals surface area contributed by atoms with Gasteiger partial charge >= 0.3 is 0 Å². The molecule has 2 aromatic heterocycles. The fraction of sp³-hybridized carbons (Fsp3) is 0.130. The predicted molar refractivity (Wildman–Crippen MR) is 108 cm³/mol. The van der Waals surface area contributed by atoms with Crippen LogP contribution >= 0.6 is 0 Å². The lowest BCUT2D eigenvalue weighted by Gasteiger charge is -2.16. The van der Waals surface area contributed by atoms with Gasteiger partial charge in [0, 0.05) is 31.5 Å². The van der Waals surface area contributed by atoms with E-state index in [1.807, 2.05) is 53.1 Å². The number of ether oxygens (including phenoxy) is 1. The Kier molecular flexibility index (Phi) is 5.24. The minimum absolute atomic E-state index is 0.145. The summed E-state index contributed by atoms with van der Waals surface area (Å²) in [6, 6.07) is 19.6. The first-order valence-electron chi connectivity index (χ1n) is 9.24. The molecule has 2 aromatic carbocycles. The van der Waals surface area contributed by atoms with Crippen molar-refractivity contribution in [1.82, 2.24) is 14.3 Å². The van der Waals surface area contributed by atoms with Gasteiger partial charge in [0.2, 0.25) is 0 Å². The molecular formula is C23H20FN3O2. The minimum Gasteiger partial charge on any atom is -0.489 e. The van der Waals surface area contributed by atoms with Crippen LogP contribution < -0.4 is 4.74 Å². The average Bonchev–Trinajstić information content (AvgIpc) is 3.17. The van der Waals surface area contributed by atoms with E-state index in [1.54, 1.807) is 36.3 Å². The number of fused-ring (bicyclic) bond motifs is 1. The summed E-state index contributed by atoms with van der Waals surface area (Å²) in [6.45, 7) is 0.551. The molecule has 0 atom stereocenters. The van der Waals surface area contributed by atoms with Gasteiger partial charge in [-0.25, -0.2) is 9.37 Å². The number of imidazole rings is 1. The van der Waals surface area contributed by atoms with E-state index in [1.165, 1.54) is 6.07 Å². The molecule has 0 aliphatic rings. The lowest BCUT2D eigenvalue weighted by atomic mass is 10.2. The molecule has 6 heteroatoms. The van der Waals surface area contributed by atoms with Crippen LogP contribution in [0, 0.1) is 5.82 Å². The molecule has 0 spiro atoms. The van der Waals surface area contributed by atoms with Crippen LogP contribution in [-0.4, -0.2) is 27.2 Å². The molecule has 146 valence electrons. The summed E-state index contributed by atoms with van der Waals surface area (Å²) in [5.41, 5.74) is 2.53. The summed E-state index contributed by atoms with van der Waals surface area (Å²) in [7, 11) is 1.74. The minimum atomic E-state index is -0.290. The molecule has 0 aliphatic heterocycles. The van der Waals surface area contributed by atoms with Crippen molar-refractivity contribution in [2.45, 2.75) is 13.2 Å². The Morgan fingerprint density at radius 1 is 1.10 bits per heavy atom. The van der Waals surface area contributed by atoms with Crippen LogP contribution in [0.5, 0.6) is 5.75 Å². The number of pyridine rings is 1. The van der Waals surface area contributed by atoms with E-state index < -0.39 is 0 Å². The molecule has 29 heavy (non-hydrogen) atoms. The molecule has 0 unspecified atom stereocenters. The maximum Gasteiger partial charge on any atom is 0.274 e. The molecular weight excluding hydrogens is 369 g/mol. The van der Waals surface area contributed by atoms with Gasteiger partial charge < -0.3 is 14.0 Å². The Morgan fingerprint density at radius 2 is 1.93 bits per heavy atom. The van der Waals surface area contributed by atoms with E-state index >= 15 is 0 Å². The van der Waals surface area contributed by atoms with Crippen LogP contribution in [0.4, 0.5) is 4.39 Å². The fourth-order valence-electron chi connectivity index (χ4n) is 3.09. The molecule has 0 saturated carbocycles. The number of amides is 1. The predicted octanol–water partition coefficient (Wildman–Crippen LogP) is 4.32.